The van der Waals surface area contributed by atoms with E-state index in [0.29, 0.717) is 26.3 Å². The second-order valence-corrected chi connectivity index (χ2v) is 5.24. The maximum absolute atomic E-state index is 12.0. The molecule has 0 bridgehead atoms. The summed E-state index contributed by atoms with van der Waals surface area (Å²) in [6.45, 7) is 7.26. The monoisotopic (exact) mass is 246 g/mol. The van der Waals surface area contributed by atoms with Crippen molar-refractivity contribution in [2.75, 3.05) is 33.4 Å². The number of morpholine rings is 1. The van der Waals surface area contributed by atoms with Gasteiger partial charge in [0.25, 0.3) is 0 Å². The first-order valence-electron chi connectivity index (χ1n) is 5.77. The lowest BCUT2D eigenvalue weighted by atomic mass is 10.2. The van der Waals surface area contributed by atoms with Crippen LogP contribution in [-0.4, -0.2) is 66.3 Å². The van der Waals surface area contributed by atoms with Crippen molar-refractivity contribution in [3.63, 3.8) is 0 Å². The predicted molar refractivity (Wildman–Crippen MR) is 62.0 cm³/mol. The van der Waals surface area contributed by atoms with E-state index in [4.69, 9.17) is 9.47 Å². The number of ether oxygens (including phenoxy) is 2. The predicted octanol–water partition coefficient (Wildman–Crippen LogP) is 0.943. The molecule has 1 aliphatic rings. The van der Waals surface area contributed by atoms with Crippen LogP contribution in [0.25, 0.3) is 0 Å². The van der Waals surface area contributed by atoms with E-state index in [0.717, 1.165) is 5.06 Å². The van der Waals surface area contributed by atoms with Crippen LogP contribution in [0.3, 0.4) is 0 Å². The number of carbonyl (C=O) groups is 1. The van der Waals surface area contributed by atoms with E-state index in [2.05, 4.69) is 0 Å². The van der Waals surface area contributed by atoms with Crippen LogP contribution in [0.15, 0.2) is 0 Å². The topological polar surface area (TPSA) is 62.2 Å². The summed E-state index contributed by atoms with van der Waals surface area (Å²) in [5, 5.41) is 10.3. The van der Waals surface area contributed by atoms with Gasteiger partial charge in [-0.1, -0.05) is 0 Å². The van der Waals surface area contributed by atoms with Crippen LogP contribution >= 0.6 is 0 Å². The van der Waals surface area contributed by atoms with Gasteiger partial charge in [-0.15, -0.1) is 0 Å². The molecule has 1 unspecified atom stereocenters. The van der Waals surface area contributed by atoms with Gasteiger partial charge in [0, 0.05) is 20.1 Å². The van der Waals surface area contributed by atoms with Gasteiger partial charge >= 0.3 is 6.09 Å². The van der Waals surface area contributed by atoms with Gasteiger partial charge in [0.1, 0.15) is 5.60 Å². The van der Waals surface area contributed by atoms with Gasteiger partial charge in [-0.2, -0.15) is 5.06 Å². The van der Waals surface area contributed by atoms with Crippen LogP contribution in [0.4, 0.5) is 4.79 Å². The molecule has 0 aromatic heterocycles. The Hall–Kier alpha value is -0.850. The zero-order valence-corrected chi connectivity index (χ0v) is 11.0. The second kappa shape index (κ2) is 5.66. The molecule has 1 atom stereocenters. The fourth-order valence-corrected chi connectivity index (χ4v) is 1.67. The molecule has 1 aliphatic heterocycles. The molecule has 1 N–H and O–H groups in total. The summed E-state index contributed by atoms with van der Waals surface area (Å²) in [7, 11) is 1.54. The lowest BCUT2D eigenvalue weighted by Crippen LogP contribution is -2.53. The van der Waals surface area contributed by atoms with E-state index in [1.54, 1.807) is 11.9 Å². The van der Waals surface area contributed by atoms with Crippen molar-refractivity contribution in [3.05, 3.63) is 0 Å². The Morgan fingerprint density at radius 3 is 2.76 bits per heavy atom. The minimum absolute atomic E-state index is 0.173. The van der Waals surface area contributed by atoms with Crippen molar-refractivity contribution in [1.29, 1.82) is 0 Å². The molecule has 1 rings (SSSR count). The molecule has 1 amide bonds. The van der Waals surface area contributed by atoms with Crippen molar-refractivity contribution < 1.29 is 19.5 Å². The average molecular weight is 246 g/mol. The Bertz CT molecular complexity index is 263. The Morgan fingerprint density at radius 2 is 2.24 bits per heavy atom. The summed E-state index contributed by atoms with van der Waals surface area (Å²) in [5.74, 6) is 0. The number of hydrogen-bond donors (Lipinski definition) is 1. The molecule has 0 spiro atoms. The van der Waals surface area contributed by atoms with Gasteiger partial charge < -0.3 is 14.7 Å². The fourth-order valence-electron chi connectivity index (χ4n) is 1.67. The highest BCUT2D eigenvalue weighted by Crippen LogP contribution is 2.14. The summed E-state index contributed by atoms with van der Waals surface area (Å²) >= 11 is 0. The smallest absolute Gasteiger partial charge is 0.410 e. The SMILES string of the molecule is CN(O)CC1COCCN1C(=O)OC(C)(C)C. The summed E-state index contributed by atoms with van der Waals surface area (Å²) in [5.41, 5.74) is -0.509. The van der Waals surface area contributed by atoms with E-state index in [1.807, 2.05) is 20.8 Å². The number of rotatable bonds is 2. The number of carbonyl (C=O) groups excluding carboxylic acids is 1. The molecule has 1 fully saturated rings. The molecule has 0 aromatic carbocycles. The van der Waals surface area contributed by atoms with Crippen molar-refractivity contribution in [2.45, 2.75) is 32.4 Å². The van der Waals surface area contributed by atoms with Gasteiger partial charge in [-0.05, 0) is 20.8 Å². The fraction of sp³-hybridized carbons (Fsp3) is 0.909. The number of likely N-dealkylation sites (N-methyl/N-ethyl adjacent to an activating group) is 1. The highest BCUT2D eigenvalue weighted by atomic mass is 16.6. The van der Waals surface area contributed by atoms with Crippen molar-refractivity contribution >= 4 is 6.09 Å². The molecule has 1 heterocycles. The van der Waals surface area contributed by atoms with Crippen LogP contribution in [0, 0.1) is 0 Å². The Labute approximate surface area is 102 Å². The first kappa shape index (κ1) is 14.2. The molecule has 6 heteroatoms. The number of hydrogen-bond acceptors (Lipinski definition) is 5. The summed E-state index contributed by atoms with van der Waals surface area (Å²) < 4.78 is 10.6. The van der Waals surface area contributed by atoms with E-state index < -0.39 is 5.60 Å². The lowest BCUT2D eigenvalue weighted by Gasteiger charge is -2.37. The summed E-state index contributed by atoms with van der Waals surface area (Å²) in [6.07, 6.45) is -0.354. The quantitative estimate of drug-likeness (QED) is 0.735. The molecular weight excluding hydrogens is 224 g/mol. The number of nitrogens with zero attached hydrogens (tertiary/aromatic N) is 2. The van der Waals surface area contributed by atoms with E-state index >= 15 is 0 Å². The zero-order valence-electron chi connectivity index (χ0n) is 11.0. The third-order valence-corrected chi connectivity index (χ3v) is 2.33. The highest BCUT2D eigenvalue weighted by Gasteiger charge is 2.31. The molecule has 0 aromatic rings. The van der Waals surface area contributed by atoms with Crippen LogP contribution in [0.2, 0.25) is 0 Å². The molecule has 0 saturated carbocycles. The number of amides is 1. The molecule has 0 aliphatic carbocycles. The van der Waals surface area contributed by atoms with Crippen LogP contribution in [0.1, 0.15) is 20.8 Å². The molecule has 1 saturated heterocycles. The van der Waals surface area contributed by atoms with Crippen LogP contribution in [-0.2, 0) is 9.47 Å². The van der Waals surface area contributed by atoms with Gasteiger partial charge in [0.15, 0.2) is 0 Å². The first-order chi connectivity index (χ1) is 7.79. The molecule has 100 valence electrons. The summed E-state index contributed by atoms with van der Waals surface area (Å²) in [4.78, 5) is 13.6. The number of hydroxylamine groups is 2. The third kappa shape index (κ3) is 4.89. The van der Waals surface area contributed by atoms with Crippen LogP contribution in [0.5, 0.6) is 0 Å². The van der Waals surface area contributed by atoms with Crippen molar-refractivity contribution in [3.8, 4) is 0 Å². The highest BCUT2D eigenvalue weighted by molar-refractivity contribution is 5.68. The molecule has 6 nitrogen and oxygen atoms in total. The Balaban J connectivity index is 2.61. The molecule has 17 heavy (non-hydrogen) atoms. The Morgan fingerprint density at radius 1 is 1.59 bits per heavy atom. The maximum atomic E-state index is 12.0. The average Bonchev–Trinajstić information content (AvgIpc) is 2.14. The normalized spacial score (nSPS) is 21.8. The zero-order chi connectivity index (χ0) is 13.1. The molecule has 0 radical (unpaired) electrons. The van der Waals surface area contributed by atoms with E-state index in [9.17, 15) is 10.0 Å². The lowest BCUT2D eigenvalue weighted by molar-refractivity contribution is -0.104. The van der Waals surface area contributed by atoms with Gasteiger partial charge in [-0.3, -0.25) is 4.90 Å². The first-order valence-corrected chi connectivity index (χ1v) is 5.77. The second-order valence-electron chi connectivity index (χ2n) is 5.24. The maximum Gasteiger partial charge on any atom is 0.410 e. The van der Waals surface area contributed by atoms with E-state index in [1.165, 1.54) is 0 Å². The van der Waals surface area contributed by atoms with Gasteiger partial charge in [-0.25, -0.2) is 4.79 Å². The molecular formula is C11H22N2O4. The third-order valence-electron chi connectivity index (χ3n) is 2.33. The van der Waals surface area contributed by atoms with Crippen molar-refractivity contribution in [2.24, 2.45) is 0 Å². The Kier molecular flexibility index (Phi) is 4.73. The van der Waals surface area contributed by atoms with Gasteiger partial charge in [0.2, 0.25) is 0 Å². The largest absolute Gasteiger partial charge is 0.444 e. The van der Waals surface area contributed by atoms with Crippen LogP contribution < -0.4 is 0 Å². The van der Waals surface area contributed by atoms with Crippen molar-refractivity contribution in [1.82, 2.24) is 9.96 Å². The standard InChI is InChI=1S/C11H22N2O4/c1-11(2,3)17-10(14)13-5-6-16-8-9(13)7-12(4)15/h9,15H,5-8H2,1-4H3. The summed E-state index contributed by atoms with van der Waals surface area (Å²) in [6, 6.07) is -0.173. The minimum atomic E-state index is -0.509. The minimum Gasteiger partial charge on any atom is -0.444 e. The van der Waals surface area contributed by atoms with Gasteiger partial charge in [0.05, 0.1) is 19.3 Å². The van der Waals surface area contributed by atoms with E-state index in [-0.39, 0.29) is 12.1 Å².